The van der Waals surface area contributed by atoms with E-state index in [9.17, 15) is 14.4 Å². The van der Waals surface area contributed by atoms with Gasteiger partial charge in [-0.05, 0) is 24.3 Å². The van der Waals surface area contributed by atoms with Gasteiger partial charge in [-0.3, -0.25) is 14.4 Å². The first-order valence-corrected chi connectivity index (χ1v) is 8.64. The van der Waals surface area contributed by atoms with Crippen LogP contribution in [0.25, 0.3) is 0 Å². The first-order chi connectivity index (χ1) is 11.0. The maximum Gasteiger partial charge on any atom is 0.313 e. The first-order valence-electron chi connectivity index (χ1n) is 7.10. The number of halogens is 1. The van der Waals surface area contributed by atoms with Gasteiger partial charge in [0.15, 0.2) is 0 Å². The van der Waals surface area contributed by atoms with Crippen LogP contribution in [0.5, 0.6) is 0 Å². The molecular weight excluding hydrogens is 340 g/mol. The summed E-state index contributed by atoms with van der Waals surface area (Å²) in [6.45, 7) is 0.733. The highest BCUT2D eigenvalue weighted by Gasteiger charge is 2.34. The minimum atomic E-state index is -0.874. The number of hydrogen-bond acceptors (Lipinski definition) is 4. The number of benzene rings is 1. The van der Waals surface area contributed by atoms with Crippen LogP contribution in [0.1, 0.15) is 6.42 Å². The molecule has 2 N–H and O–H groups in total. The number of hydrogen-bond donors (Lipinski definition) is 2. The Hall–Kier alpha value is -1.73. The van der Waals surface area contributed by atoms with E-state index < -0.39 is 5.97 Å². The standard InChI is InChI=1S/C15H17ClN2O4S/c16-11-1-3-12(4-2-11)18-8-10(7-13(18)19)15(22)17-5-6-23-9-14(20)21/h1-4,10H,5-9H2,(H,17,22)(H,20,21). The number of amides is 2. The molecule has 0 aliphatic carbocycles. The Labute approximate surface area is 143 Å². The van der Waals surface area contributed by atoms with Gasteiger partial charge in [0.1, 0.15) is 0 Å². The summed E-state index contributed by atoms with van der Waals surface area (Å²) < 4.78 is 0. The van der Waals surface area contributed by atoms with Crippen molar-refractivity contribution in [3.8, 4) is 0 Å². The van der Waals surface area contributed by atoms with Gasteiger partial charge in [0.25, 0.3) is 0 Å². The molecule has 1 unspecified atom stereocenters. The van der Waals surface area contributed by atoms with Crippen molar-refractivity contribution < 1.29 is 19.5 Å². The highest BCUT2D eigenvalue weighted by atomic mass is 35.5. The largest absolute Gasteiger partial charge is 0.481 e. The number of rotatable bonds is 7. The van der Waals surface area contributed by atoms with Crippen LogP contribution in [-0.4, -0.2) is 47.5 Å². The molecule has 0 aromatic heterocycles. The van der Waals surface area contributed by atoms with E-state index >= 15 is 0 Å². The van der Waals surface area contributed by atoms with Crippen molar-refractivity contribution in [2.24, 2.45) is 5.92 Å². The number of nitrogens with one attached hydrogen (secondary N) is 1. The van der Waals surface area contributed by atoms with Crippen LogP contribution in [-0.2, 0) is 14.4 Å². The van der Waals surface area contributed by atoms with E-state index in [0.29, 0.717) is 23.9 Å². The Morgan fingerprint density at radius 1 is 1.35 bits per heavy atom. The minimum absolute atomic E-state index is 0.0160. The van der Waals surface area contributed by atoms with Gasteiger partial charge in [-0.25, -0.2) is 0 Å². The lowest BCUT2D eigenvalue weighted by molar-refractivity contribution is -0.134. The van der Waals surface area contributed by atoms with Crippen molar-refractivity contribution >= 4 is 46.8 Å². The van der Waals surface area contributed by atoms with Crippen molar-refractivity contribution in [1.29, 1.82) is 0 Å². The van der Waals surface area contributed by atoms with Crippen LogP contribution in [0.2, 0.25) is 5.02 Å². The maximum absolute atomic E-state index is 12.1. The molecule has 1 atom stereocenters. The third-order valence-electron chi connectivity index (χ3n) is 3.41. The van der Waals surface area contributed by atoms with Gasteiger partial charge in [0.05, 0.1) is 11.7 Å². The number of aliphatic carboxylic acids is 1. The summed E-state index contributed by atoms with van der Waals surface area (Å²) in [5.41, 5.74) is 0.728. The lowest BCUT2D eigenvalue weighted by atomic mass is 10.1. The summed E-state index contributed by atoms with van der Waals surface area (Å²) in [5.74, 6) is -0.982. The number of carbonyl (C=O) groups excluding carboxylic acids is 2. The van der Waals surface area contributed by atoms with E-state index in [0.717, 1.165) is 5.69 Å². The highest BCUT2D eigenvalue weighted by molar-refractivity contribution is 7.99. The average Bonchev–Trinajstić information content (AvgIpc) is 2.89. The molecule has 124 valence electrons. The van der Waals surface area contributed by atoms with Gasteiger partial charge < -0.3 is 15.3 Å². The predicted octanol–water partition coefficient (Wildman–Crippen LogP) is 1.63. The SMILES string of the molecule is O=C(O)CSCCNC(=O)C1CC(=O)N(c2ccc(Cl)cc2)C1. The molecular formula is C15H17ClN2O4S. The van der Waals surface area contributed by atoms with Gasteiger partial charge in [-0.1, -0.05) is 11.6 Å². The number of carboxylic acid groups (broad SMARTS) is 1. The second kappa shape index (κ2) is 8.21. The summed E-state index contributed by atoms with van der Waals surface area (Å²) >= 11 is 7.07. The molecule has 0 spiro atoms. The zero-order valence-corrected chi connectivity index (χ0v) is 13.9. The number of carbonyl (C=O) groups is 3. The topological polar surface area (TPSA) is 86.7 Å². The molecule has 8 heteroatoms. The Balaban J connectivity index is 1.81. The molecule has 0 saturated carbocycles. The number of anilines is 1. The Bertz CT molecular complexity index is 594. The zero-order chi connectivity index (χ0) is 16.8. The first kappa shape index (κ1) is 17.6. The van der Waals surface area contributed by atoms with E-state index in [4.69, 9.17) is 16.7 Å². The van der Waals surface area contributed by atoms with Crippen molar-refractivity contribution in [1.82, 2.24) is 5.32 Å². The van der Waals surface area contributed by atoms with E-state index in [1.807, 2.05) is 0 Å². The van der Waals surface area contributed by atoms with Gasteiger partial charge in [0.2, 0.25) is 11.8 Å². The molecule has 1 aliphatic rings. The average molecular weight is 357 g/mol. The number of thioether (sulfide) groups is 1. The van der Waals surface area contributed by atoms with E-state index in [1.165, 1.54) is 11.8 Å². The van der Waals surface area contributed by atoms with Gasteiger partial charge in [-0.2, -0.15) is 0 Å². The van der Waals surface area contributed by atoms with E-state index in [2.05, 4.69) is 5.32 Å². The summed E-state index contributed by atoms with van der Waals surface area (Å²) in [6.07, 6.45) is 0.177. The lowest BCUT2D eigenvalue weighted by Gasteiger charge is -2.16. The maximum atomic E-state index is 12.1. The van der Waals surface area contributed by atoms with Crippen LogP contribution >= 0.6 is 23.4 Å². The zero-order valence-electron chi connectivity index (χ0n) is 12.3. The monoisotopic (exact) mass is 356 g/mol. The highest BCUT2D eigenvalue weighted by Crippen LogP contribution is 2.26. The van der Waals surface area contributed by atoms with E-state index in [1.54, 1.807) is 29.2 Å². The smallest absolute Gasteiger partial charge is 0.313 e. The van der Waals surface area contributed by atoms with Crippen LogP contribution < -0.4 is 10.2 Å². The summed E-state index contributed by atoms with van der Waals surface area (Å²) in [4.78, 5) is 36.1. The third kappa shape index (κ3) is 5.14. The lowest BCUT2D eigenvalue weighted by Crippen LogP contribution is -2.34. The molecule has 1 fully saturated rings. The van der Waals surface area contributed by atoms with E-state index in [-0.39, 0.29) is 29.9 Å². The third-order valence-corrected chi connectivity index (χ3v) is 4.60. The molecule has 0 bridgehead atoms. The Morgan fingerprint density at radius 2 is 2.04 bits per heavy atom. The molecule has 23 heavy (non-hydrogen) atoms. The molecule has 1 aromatic carbocycles. The minimum Gasteiger partial charge on any atom is -0.481 e. The molecule has 1 heterocycles. The second-order valence-corrected chi connectivity index (χ2v) is 6.66. The second-order valence-electron chi connectivity index (χ2n) is 5.12. The van der Waals surface area contributed by atoms with Crippen LogP contribution in [0.3, 0.4) is 0 Å². The normalized spacial score (nSPS) is 17.3. The molecule has 6 nitrogen and oxygen atoms in total. The molecule has 2 rings (SSSR count). The van der Waals surface area contributed by atoms with Gasteiger partial charge in [-0.15, -0.1) is 11.8 Å². The summed E-state index contributed by atoms with van der Waals surface area (Å²) in [5, 5.41) is 11.9. The van der Waals surface area contributed by atoms with Crippen molar-refractivity contribution in [2.75, 3.05) is 29.5 Å². The molecule has 1 aromatic rings. The number of carboxylic acids is 1. The fraction of sp³-hybridized carbons (Fsp3) is 0.400. The van der Waals surface area contributed by atoms with Crippen molar-refractivity contribution in [2.45, 2.75) is 6.42 Å². The predicted molar refractivity (Wildman–Crippen MR) is 89.9 cm³/mol. The summed E-state index contributed by atoms with van der Waals surface area (Å²) in [7, 11) is 0. The van der Waals surface area contributed by atoms with Crippen molar-refractivity contribution in [3.05, 3.63) is 29.3 Å². The Morgan fingerprint density at radius 3 is 2.70 bits per heavy atom. The quantitative estimate of drug-likeness (QED) is 0.725. The molecule has 1 aliphatic heterocycles. The van der Waals surface area contributed by atoms with Crippen LogP contribution in [0.4, 0.5) is 5.69 Å². The fourth-order valence-electron chi connectivity index (χ4n) is 2.30. The van der Waals surface area contributed by atoms with Crippen LogP contribution in [0.15, 0.2) is 24.3 Å². The van der Waals surface area contributed by atoms with Crippen molar-refractivity contribution in [3.63, 3.8) is 0 Å². The Kier molecular flexibility index (Phi) is 6.29. The fourth-order valence-corrected chi connectivity index (χ4v) is 3.00. The number of nitrogens with zero attached hydrogens (tertiary/aromatic N) is 1. The molecule has 0 radical (unpaired) electrons. The molecule has 2 amide bonds. The summed E-state index contributed by atoms with van der Waals surface area (Å²) in [6, 6.07) is 6.92. The van der Waals surface area contributed by atoms with Crippen LogP contribution in [0, 0.1) is 5.92 Å². The molecule has 1 saturated heterocycles. The van der Waals surface area contributed by atoms with Gasteiger partial charge in [0, 0.05) is 36.0 Å². The van der Waals surface area contributed by atoms with Gasteiger partial charge >= 0.3 is 5.97 Å².